The number of esters is 1. The van der Waals surface area contributed by atoms with Crippen molar-refractivity contribution in [3.63, 3.8) is 0 Å². The Bertz CT molecular complexity index is 911. The van der Waals surface area contributed by atoms with Crippen LogP contribution in [0.25, 0.3) is 0 Å². The smallest absolute Gasteiger partial charge is 0.340 e. The van der Waals surface area contributed by atoms with Gasteiger partial charge in [-0.1, -0.05) is 36.2 Å². The number of ether oxygens (including phenoxy) is 1. The highest BCUT2D eigenvalue weighted by atomic mass is 35.5. The fourth-order valence-corrected chi connectivity index (χ4v) is 4.80. The number of halogens is 2. The van der Waals surface area contributed by atoms with E-state index in [9.17, 15) is 9.59 Å². The van der Waals surface area contributed by atoms with Crippen LogP contribution in [0.4, 0.5) is 5.00 Å². The Labute approximate surface area is 190 Å². The van der Waals surface area contributed by atoms with Crippen molar-refractivity contribution < 1.29 is 14.3 Å². The number of carbonyl (C=O) groups is 2. The van der Waals surface area contributed by atoms with Crippen molar-refractivity contribution in [1.82, 2.24) is 9.80 Å². The minimum absolute atomic E-state index is 0.126. The molecular weight excluding hydrogens is 445 g/mol. The van der Waals surface area contributed by atoms with Gasteiger partial charge in [0.05, 0.1) is 19.2 Å². The lowest BCUT2D eigenvalue weighted by Crippen LogP contribution is -2.48. The average molecular weight is 470 g/mol. The standard InChI is InChI=1S/C21H25Cl2N3O3S/c1-3-16-11-17(21(28)29-2)20(30-16)24-19(27)13-26-8-6-25(7-9-26)12-14-4-5-15(22)10-18(14)23/h4-5,10-11H,3,6-9,12-13H2,1-2H3,(H,24,27). The molecule has 162 valence electrons. The minimum atomic E-state index is -0.435. The summed E-state index contributed by atoms with van der Waals surface area (Å²) in [6.07, 6.45) is 0.796. The Balaban J connectivity index is 1.51. The molecule has 9 heteroatoms. The maximum atomic E-state index is 12.5. The Morgan fingerprint density at radius 3 is 2.47 bits per heavy atom. The minimum Gasteiger partial charge on any atom is -0.465 e. The molecule has 3 rings (SSSR count). The first-order valence-electron chi connectivity index (χ1n) is 9.79. The van der Waals surface area contributed by atoms with E-state index in [1.807, 2.05) is 19.1 Å². The van der Waals surface area contributed by atoms with Crippen molar-refractivity contribution >= 4 is 51.4 Å². The van der Waals surface area contributed by atoms with Gasteiger partial charge in [-0.25, -0.2) is 4.79 Å². The van der Waals surface area contributed by atoms with E-state index in [1.54, 1.807) is 12.1 Å². The maximum Gasteiger partial charge on any atom is 0.340 e. The molecule has 1 amide bonds. The van der Waals surface area contributed by atoms with Gasteiger partial charge in [0.2, 0.25) is 5.91 Å². The highest BCUT2D eigenvalue weighted by Crippen LogP contribution is 2.29. The van der Waals surface area contributed by atoms with Crippen LogP contribution in [-0.4, -0.2) is 61.5 Å². The Morgan fingerprint density at radius 1 is 1.13 bits per heavy atom. The average Bonchev–Trinajstić information content (AvgIpc) is 3.13. The number of hydrogen-bond donors (Lipinski definition) is 1. The number of rotatable bonds is 7. The molecule has 0 saturated carbocycles. The van der Waals surface area contributed by atoms with Gasteiger partial charge in [-0.15, -0.1) is 11.3 Å². The van der Waals surface area contributed by atoms with Gasteiger partial charge in [-0.05, 0) is 30.2 Å². The molecule has 0 radical (unpaired) electrons. The summed E-state index contributed by atoms with van der Waals surface area (Å²) in [7, 11) is 1.34. The van der Waals surface area contributed by atoms with Gasteiger partial charge in [0, 0.05) is 47.6 Å². The highest BCUT2D eigenvalue weighted by molar-refractivity contribution is 7.16. The quantitative estimate of drug-likeness (QED) is 0.616. The summed E-state index contributed by atoms with van der Waals surface area (Å²) in [6, 6.07) is 7.35. The van der Waals surface area contributed by atoms with E-state index in [-0.39, 0.29) is 12.5 Å². The molecule has 0 aliphatic carbocycles. The monoisotopic (exact) mass is 469 g/mol. The number of piperazine rings is 1. The van der Waals surface area contributed by atoms with Gasteiger partial charge in [-0.3, -0.25) is 14.6 Å². The summed E-state index contributed by atoms with van der Waals surface area (Å²) in [5, 5.41) is 4.75. The van der Waals surface area contributed by atoms with Crippen LogP contribution in [0.5, 0.6) is 0 Å². The Hall–Kier alpha value is -1.64. The summed E-state index contributed by atoms with van der Waals surface area (Å²) in [6.45, 7) is 6.32. The fourth-order valence-electron chi connectivity index (χ4n) is 3.34. The number of anilines is 1. The molecule has 1 aliphatic heterocycles. The third kappa shape index (κ3) is 5.95. The summed E-state index contributed by atoms with van der Waals surface area (Å²) in [5.74, 6) is -0.561. The van der Waals surface area contributed by atoms with Crippen molar-refractivity contribution in [3.8, 4) is 0 Å². The molecule has 1 aromatic heterocycles. The van der Waals surface area contributed by atoms with Gasteiger partial charge in [0.1, 0.15) is 5.00 Å². The molecule has 0 atom stereocenters. The van der Waals surface area contributed by atoms with E-state index >= 15 is 0 Å². The SMILES string of the molecule is CCc1cc(C(=O)OC)c(NC(=O)CN2CCN(Cc3ccc(Cl)cc3Cl)CC2)s1. The molecule has 2 aromatic rings. The predicted octanol–water partition coefficient (Wildman–Crippen LogP) is 4.16. The van der Waals surface area contributed by atoms with Gasteiger partial charge < -0.3 is 10.1 Å². The van der Waals surface area contributed by atoms with Gasteiger partial charge >= 0.3 is 5.97 Å². The second-order valence-electron chi connectivity index (χ2n) is 7.14. The van der Waals surface area contributed by atoms with E-state index in [0.29, 0.717) is 20.6 Å². The number of nitrogens with one attached hydrogen (secondary N) is 1. The van der Waals surface area contributed by atoms with E-state index in [1.165, 1.54) is 18.4 Å². The van der Waals surface area contributed by atoms with Crippen molar-refractivity contribution in [2.24, 2.45) is 0 Å². The first kappa shape index (κ1) is 23.0. The largest absolute Gasteiger partial charge is 0.465 e. The van der Waals surface area contributed by atoms with Crippen LogP contribution >= 0.6 is 34.5 Å². The number of amides is 1. The Kier molecular flexibility index (Phi) is 8.13. The molecule has 1 aliphatic rings. The van der Waals surface area contributed by atoms with Gasteiger partial charge in [0.15, 0.2) is 0 Å². The summed E-state index contributed by atoms with van der Waals surface area (Å²) < 4.78 is 4.83. The Morgan fingerprint density at radius 2 is 1.83 bits per heavy atom. The topological polar surface area (TPSA) is 61.9 Å². The predicted molar refractivity (Wildman–Crippen MR) is 122 cm³/mol. The van der Waals surface area contributed by atoms with Crippen LogP contribution in [-0.2, 0) is 22.5 Å². The van der Waals surface area contributed by atoms with Crippen molar-refractivity contribution in [2.45, 2.75) is 19.9 Å². The molecule has 1 N–H and O–H groups in total. The van der Waals surface area contributed by atoms with Crippen LogP contribution in [0.2, 0.25) is 10.0 Å². The molecule has 6 nitrogen and oxygen atoms in total. The summed E-state index contributed by atoms with van der Waals surface area (Å²) in [4.78, 5) is 30.0. The normalized spacial score (nSPS) is 15.2. The van der Waals surface area contributed by atoms with E-state index in [2.05, 4.69) is 15.1 Å². The molecule has 0 bridgehead atoms. The van der Waals surface area contributed by atoms with Crippen molar-refractivity contribution in [1.29, 1.82) is 0 Å². The first-order valence-corrected chi connectivity index (χ1v) is 11.4. The molecule has 1 aromatic carbocycles. The lowest BCUT2D eigenvalue weighted by molar-refractivity contribution is -0.117. The third-order valence-electron chi connectivity index (χ3n) is 5.03. The number of carbonyl (C=O) groups excluding carboxylic acids is 2. The molecule has 0 spiro atoms. The third-order valence-corrected chi connectivity index (χ3v) is 6.81. The van der Waals surface area contributed by atoms with Gasteiger partial charge in [0.25, 0.3) is 0 Å². The van der Waals surface area contributed by atoms with Crippen LogP contribution in [0, 0.1) is 0 Å². The highest BCUT2D eigenvalue weighted by Gasteiger charge is 2.22. The number of thiophene rings is 1. The van der Waals surface area contributed by atoms with Crippen LogP contribution in [0.3, 0.4) is 0 Å². The van der Waals surface area contributed by atoms with Crippen molar-refractivity contribution in [2.75, 3.05) is 45.2 Å². The maximum absolute atomic E-state index is 12.5. The van der Waals surface area contributed by atoms with Crippen molar-refractivity contribution in [3.05, 3.63) is 50.3 Å². The molecule has 0 unspecified atom stereocenters. The fraction of sp³-hybridized carbons (Fsp3) is 0.429. The number of aryl methyl sites for hydroxylation is 1. The van der Waals surface area contributed by atoms with E-state index in [0.717, 1.165) is 49.6 Å². The number of benzene rings is 1. The van der Waals surface area contributed by atoms with E-state index < -0.39 is 5.97 Å². The summed E-state index contributed by atoms with van der Waals surface area (Å²) in [5.41, 5.74) is 1.46. The zero-order valence-corrected chi connectivity index (χ0v) is 19.4. The molecule has 1 saturated heterocycles. The first-order chi connectivity index (χ1) is 14.4. The number of hydrogen-bond acceptors (Lipinski definition) is 6. The van der Waals surface area contributed by atoms with Crippen LogP contribution < -0.4 is 5.32 Å². The van der Waals surface area contributed by atoms with Crippen LogP contribution in [0.15, 0.2) is 24.3 Å². The molecule has 2 heterocycles. The lowest BCUT2D eigenvalue weighted by atomic mass is 10.2. The molecule has 30 heavy (non-hydrogen) atoms. The zero-order valence-electron chi connectivity index (χ0n) is 17.0. The zero-order chi connectivity index (χ0) is 21.7. The molecular formula is C21H25Cl2N3O3S. The summed E-state index contributed by atoms with van der Waals surface area (Å²) >= 11 is 13.7. The second kappa shape index (κ2) is 10.6. The number of methoxy groups -OCH3 is 1. The van der Waals surface area contributed by atoms with Crippen LogP contribution in [0.1, 0.15) is 27.7 Å². The molecule has 1 fully saturated rings. The van der Waals surface area contributed by atoms with E-state index in [4.69, 9.17) is 27.9 Å². The number of nitrogens with zero attached hydrogens (tertiary/aromatic N) is 2. The lowest BCUT2D eigenvalue weighted by Gasteiger charge is -2.34. The van der Waals surface area contributed by atoms with Gasteiger partial charge in [-0.2, -0.15) is 0 Å². The second-order valence-corrected chi connectivity index (χ2v) is 9.12.